The molecule has 0 fully saturated rings. The number of nitrogens with one attached hydrogen (secondary N) is 1. The summed E-state index contributed by atoms with van der Waals surface area (Å²) in [6.45, 7) is 1.94. The minimum Gasteiger partial charge on any atom is -0.495 e. The van der Waals surface area contributed by atoms with Crippen LogP contribution in [0.5, 0.6) is 5.75 Å². The average Bonchev–Trinajstić information content (AvgIpc) is 2.45. The summed E-state index contributed by atoms with van der Waals surface area (Å²) in [5.74, 6) is 0.557. The molecule has 1 heterocycles. The number of ether oxygens (including phenoxy) is 1. The molecule has 0 unspecified atom stereocenters. The van der Waals surface area contributed by atoms with Crippen LogP contribution in [0.1, 0.15) is 14.5 Å². The molecule has 12 heavy (non-hydrogen) atoms. The van der Waals surface area contributed by atoms with Gasteiger partial charge in [-0.15, -0.1) is 11.3 Å². The molecule has 0 aromatic carbocycles. The van der Waals surface area contributed by atoms with Gasteiger partial charge >= 0.3 is 0 Å². The molecule has 0 atom stereocenters. The molecule has 0 radical (unpaired) electrons. The van der Waals surface area contributed by atoms with Crippen molar-refractivity contribution in [2.45, 2.75) is 6.92 Å². The summed E-state index contributed by atoms with van der Waals surface area (Å²) < 4.78 is 5.04. The van der Waals surface area contributed by atoms with Gasteiger partial charge in [-0.2, -0.15) is 0 Å². The number of aryl methyl sites for hydroxylation is 1. The van der Waals surface area contributed by atoms with Crippen molar-refractivity contribution >= 4 is 17.2 Å². The predicted molar refractivity (Wildman–Crippen MR) is 49.0 cm³/mol. The molecular formula is C8H11NO2S. The number of carbonyl (C=O) groups is 1. The topological polar surface area (TPSA) is 38.3 Å². The summed E-state index contributed by atoms with van der Waals surface area (Å²) in [4.78, 5) is 12.9. The van der Waals surface area contributed by atoms with Gasteiger partial charge in [0.15, 0.2) is 0 Å². The maximum Gasteiger partial charge on any atom is 0.264 e. The molecule has 0 aliphatic carbocycles. The Morgan fingerprint density at radius 2 is 2.33 bits per heavy atom. The fourth-order valence-corrected chi connectivity index (χ4v) is 1.84. The van der Waals surface area contributed by atoms with Crippen molar-refractivity contribution in [1.82, 2.24) is 5.32 Å². The summed E-state index contributed by atoms with van der Waals surface area (Å²) in [5.41, 5.74) is 0. The molecule has 4 heteroatoms. The van der Waals surface area contributed by atoms with Gasteiger partial charge in [-0.3, -0.25) is 4.79 Å². The fourth-order valence-electron chi connectivity index (χ4n) is 0.914. The summed E-state index contributed by atoms with van der Waals surface area (Å²) in [7, 11) is 3.17. The van der Waals surface area contributed by atoms with E-state index in [1.807, 2.05) is 13.0 Å². The number of amides is 1. The zero-order chi connectivity index (χ0) is 9.14. The largest absolute Gasteiger partial charge is 0.495 e. The highest BCUT2D eigenvalue weighted by atomic mass is 32.1. The summed E-state index contributed by atoms with van der Waals surface area (Å²) in [6.07, 6.45) is 0. The van der Waals surface area contributed by atoms with Crippen LogP contribution in [0.2, 0.25) is 0 Å². The number of hydrogen-bond acceptors (Lipinski definition) is 3. The van der Waals surface area contributed by atoms with Crippen LogP contribution in [0.25, 0.3) is 0 Å². The Balaban J connectivity index is 3.04. The van der Waals surface area contributed by atoms with Crippen LogP contribution in [-0.4, -0.2) is 20.1 Å². The van der Waals surface area contributed by atoms with E-state index in [4.69, 9.17) is 4.74 Å². The molecule has 0 spiro atoms. The first-order chi connectivity index (χ1) is 5.69. The standard InChI is InChI=1S/C8H11NO2S/c1-5-4-6(11-3)7(12-5)8(10)9-2/h4H,1-3H3,(H,9,10). The smallest absolute Gasteiger partial charge is 0.264 e. The van der Waals surface area contributed by atoms with E-state index in [2.05, 4.69) is 5.32 Å². The minimum absolute atomic E-state index is 0.0926. The Bertz CT molecular complexity index is 293. The zero-order valence-corrected chi connectivity index (χ0v) is 8.12. The lowest BCUT2D eigenvalue weighted by Crippen LogP contribution is -2.16. The molecule has 3 nitrogen and oxygen atoms in total. The van der Waals surface area contributed by atoms with E-state index in [0.29, 0.717) is 10.6 Å². The first-order valence-corrected chi connectivity index (χ1v) is 4.37. The van der Waals surface area contributed by atoms with Crippen LogP contribution in [0.3, 0.4) is 0 Å². The first-order valence-electron chi connectivity index (χ1n) is 3.55. The van der Waals surface area contributed by atoms with Crippen LogP contribution < -0.4 is 10.1 Å². The van der Waals surface area contributed by atoms with Gasteiger partial charge in [0.2, 0.25) is 0 Å². The van der Waals surface area contributed by atoms with Crippen LogP contribution in [0.15, 0.2) is 6.07 Å². The van der Waals surface area contributed by atoms with Gasteiger partial charge in [0.05, 0.1) is 7.11 Å². The molecule has 1 rings (SSSR count). The molecule has 0 saturated carbocycles. The highest BCUT2D eigenvalue weighted by molar-refractivity contribution is 7.14. The van der Waals surface area contributed by atoms with E-state index >= 15 is 0 Å². The number of rotatable bonds is 2. The van der Waals surface area contributed by atoms with Gasteiger partial charge in [-0.05, 0) is 13.0 Å². The second kappa shape index (κ2) is 3.58. The Hall–Kier alpha value is -1.03. The second-order valence-electron chi connectivity index (χ2n) is 2.33. The number of thiophene rings is 1. The van der Waals surface area contributed by atoms with E-state index in [-0.39, 0.29) is 5.91 Å². The van der Waals surface area contributed by atoms with Crippen molar-refractivity contribution in [3.63, 3.8) is 0 Å². The highest BCUT2D eigenvalue weighted by Gasteiger charge is 2.13. The van der Waals surface area contributed by atoms with Crippen LogP contribution in [0.4, 0.5) is 0 Å². The van der Waals surface area contributed by atoms with E-state index in [1.165, 1.54) is 11.3 Å². The first kappa shape index (κ1) is 9.06. The zero-order valence-electron chi connectivity index (χ0n) is 7.30. The van der Waals surface area contributed by atoms with E-state index in [9.17, 15) is 4.79 Å². The van der Waals surface area contributed by atoms with E-state index < -0.39 is 0 Å². The third-order valence-corrected chi connectivity index (χ3v) is 2.50. The lowest BCUT2D eigenvalue weighted by atomic mass is 10.4. The molecule has 1 amide bonds. The molecule has 66 valence electrons. The monoisotopic (exact) mass is 185 g/mol. The van der Waals surface area contributed by atoms with Gasteiger partial charge < -0.3 is 10.1 Å². The molecule has 0 aliphatic heterocycles. The maximum absolute atomic E-state index is 11.2. The molecule has 0 saturated heterocycles. The average molecular weight is 185 g/mol. The molecule has 1 aromatic heterocycles. The molecule has 0 bridgehead atoms. The number of hydrogen-bond donors (Lipinski definition) is 1. The lowest BCUT2D eigenvalue weighted by Gasteiger charge is -1.99. The molecule has 1 aromatic rings. The van der Waals surface area contributed by atoms with Crippen molar-refractivity contribution in [1.29, 1.82) is 0 Å². The number of methoxy groups -OCH3 is 1. The van der Waals surface area contributed by atoms with Gasteiger partial charge in [-0.1, -0.05) is 0 Å². The maximum atomic E-state index is 11.2. The van der Waals surface area contributed by atoms with Crippen molar-refractivity contribution in [3.05, 3.63) is 15.8 Å². The third-order valence-electron chi connectivity index (χ3n) is 1.47. The van der Waals surface area contributed by atoms with Crippen molar-refractivity contribution in [3.8, 4) is 5.75 Å². The predicted octanol–water partition coefficient (Wildman–Crippen LogP) is 1.42. The van der Waals surface area contributed by atoms with Gasteiger partial charge in [0.1, 0.15) is 10.6 Å². The number of carbonyl (C=O) groups excluding carboxylic acids is 1. The fraction of sp³-hybridized carbons (Fsp3) is 0.375. The lowest BCUT2D eigenvalue weighted by molar-refractivity contribution is 0.0964. The Labute approximate surface area is 75.4 Å². The van der Waals surface area contributed by atoms with Gasteiger partial charge in [0.25, 0.3) is 5.91 Å². The van der Waals surface area contributed by atoms with Gasteiger partial charge in [0, 0.05) is 11.9 Å². The second-order valence-corrected chi connectivity index (χ2v) is 3.59. The van der Waals surface area contributed by atoms with Crippen LogP contribution >= 0.6 is 11.3 Å². The Morgan fingerprint density at radius 1 is 1.67 bits per heavy atom. The van der Waals surface area contributed by atoms with Gasteiger partial charge in [-0.25, -0.2) is 0 Å². The van der Waals surface area contributed by atoms with Crippen molar-refractivity contribution in [2.24, 2.45) is 0 Å². The Kier molecular flexibility index (Phi) is 2.70. The van der Waals surface area contributed by atoms with Crippen LogP contribution in [-0.2, 0) is 0 Å². The summed E-state index contributed by atoms with van der Waals surface area (Å²) in [5, 5.41) is 2.56. The van der Waals surface area contributed by atoms with Crippen molar-refractivity contribution in [2.75, 3.05) is 14.2 Å². The normalized spacial score (nSPS) is 9.58. The molecular weight excluding hydrogens is 174 g/mol. The summed E-state index contributed by atoms with van der Waals surface area (Å²) >= 11 is 1.43. The van der Waals surface area contributed by atoms with Crippen LogP contribution in [0, 0.1) is 6.92 Å². The SMILES string of the molecule is CNC(=O)c1sc(C)cc1OC. The van der Waals surface area contributed by atoms with Crippen molar-refractivity contribution < 1.29 is 9.53 Å². The minimum atomic E-state index is -0.0926. The third kappa shape index (κ3) is 1.58. The molecule has 1 N–H and O–H groups in total. The van der Waals surface area contributed by atoms with E-state index in [0.717, 1.165) is 4.88 Å². The molecule has 0 aliphatic rings. The summed E-state index contributed by atoms with van der Waals surface area (Å²) in [6, 6.07) is 1.86. The Morgan fingerprint density at radius 3 is 2.83 bits per heavy atom. The quantitative estimate of drug-likeness (QED) is 0.756. The van der Waals surface area contributed by atoms with E-state index in [1.54, 1.807) is 14.2 Å². The highest BCUT2D eigenvalue weighted by Crippen LogP contribution is 2.28.